The number of primary amides is 1. The average molecular weight is 359 g/mol. The lowest BCUT2D eigenvalue weighted by atomic mass is 9.71. The zero-order chi connectivity index (χ0) is 18.6. The number of carbonyl (C=O) groups excluding carboxylic acids is 1. The summed E-state index contributed by atoms with van der Waals surface area (Å²) in [4.78, 5) is 24.6. The molecule has 1 aliphatic rings. The first kappa shape index (κ1) is 17.1. The van der Waals surface area contributed by atoms with Crippen LogP contribution in [-0.4, -0.2) is 27.4 Å². The normalized spacial score (nSPS) is 18.5. The van der Waals surface area contributed by atoms with E-state index in [1.165, 1.54) is 18.5 Å². The number of amides is 1. The van der Waals surface area contributed by atoms with Crippen molar-refractivity contribution in [2.75, 3.05) is 11.9 Å². The zero-order valence-electron chi connectivity index (χ0n) is 14.9. The molecule has 2 unspecified atom stereocenters. The van der Waals surface area contributed by atoms with Gasteiger partial charge in [-0.25, -0.2) is 9.97 Å². The molecule has 0 saturated heterocycles. The fraction of sp³-hybridized carbons (Fsp3) is 0.238. The van der Waals surface area contributed by atoms with Crippen LogP contribution < -0.4 is 11.1 Å². The molecule has 0 spiro atoms. The van der Waals surface area contributed by atoms with Crippen molar-refractivity contribution >= 4 is 11.9 Å². The van der Waals surface area contributed by atoms with E-state index >= 15 is 0 Å². The number of benzene rings is 1. The highest BCUT2D eigenvalue weighted by molar-refractivity contribution is 5.94. The molecule has 1 fully saturated rings. The van der Waals surface area contributed by atoms with E-state index in [1.54, 1.807) is 30.6 Å². The summed E-state index contributed by atoms with van der Waals surface area (Å²) < 4.78 is 0. The van der Waals surface area contributed by atoms with Gasteiger partial charge in [-0.1, -0.05) is 18.2 Å². The van der Waals surface area contributed by atoms with Crippen LogP contribution in [0.2, 0.25) is 0 Å². The molecule has 1 aromatic carbocycles. The second-order valence-electron chi connectivity index (χ2n) is 6.82. The minimum Gasteiger partial charge on any atom is -0.366 e. The molecule has 0 bridgehead atoms. The fourth-order valence-electron chi connectivity index (χ4n) is 3.44. The van der Waals surface area contributed by atoms with Crippen LogP contribution in [0.3, 0.4) is 0 Å². The van der Waals surface area contributed by atoms with Crippen molar-refractivity contribution < 1.29 is 4.79 Å². The van der Waals surface area contributed by atoms with Crippen molar-refractivity contribution in [2.45, 2.75) is 18.8 Å². The van der Waals surface area contributed by atoms with Crippen molar-refractivity contribution in [2.24, 2.45) is 11.7 Å². The molecule has 2 heterocycles. The third-order valence-electron chi connectivity index (χ3n) is 5.14. The molecule has 1 amide bonds. The number of nitrogens with two attached hydrogens (primary N) is 1. The molecule has 27 heavy (non-hydrogen) atoms. The van der Waals surface area contributed by atoms with Crippen LogP contribution in [-0.2, 0) is 0 Å². The van der Waals surface area contributed by atoms with Gasteiger partial charge in [0.15, 0.2) is 0 Å². The third-order valence-corrected chi connectivity index (χ3v) is 5.14. The molecule has 6 nitrogen and oxygen atoms in total. The van der Waals surface area contributed by atoms with Crippen LogP contribution in [0.1, 0.15) is 34.8 Å². The number of hydrogen-bond donors (Lipinski definition) is 2. The molecule has 1 saturated carbocycles. The molecule has 3 N–H and O–H groups in total. The summed E-state index contributed by atoms with van der Waals surface area (Å²) in [6.07, 6.45) is 7.73. The highest BCUT2D eigenvalue weighted by atomic mass is 16.1. The van der Waals surface area contributed by atoms with Crippen molar-refractivity contribution in [3.63, 3.8) is 0 Å². The molecular weight excluding hydrogens is 338 g/mol. The number of pyridine rings is 1. The lowest BCUT2D eigenvalue weighted by Crippen LogP contribution is -2.31. The first-order chi connectivity index (χ1) is 13.2. The molecule has 0 aliphatic heterocycles. The van der Waals surface area contributed by atoms with Crippen molar-refractivity contribution in [3.05, 3.63) is 72.3 Å². The Morgan fingerprint density at radius 3 is 2.56 bits per heavy atom. The standard InChI is InChI=1S/C21H21N5O/c22-20(27)15-5-3-4-14(10-15)17-12-25-21(26-13-17)24-11-16-7-8-18(16)19-6-1-2-9-23-19/h1-6,9-10,12-13,16,18H,7-8,11H2,(H2,22,27)(H,24,25,26). The second-order valence-corrected chi connectivity index (χ2v) is 6.82. The number of anilines is 1. The predicted octanol–water partition coefficient (Wildman–Crippen LogP) is 3.24. The van der Waals surface area contributed by atoms with Crippen LogP contribution in [0.4, 0.5) is 5.95 Å². The Hall–Kier alpha value is -3.28. The number of rotatable bonds is 6. The topological polar surface area (TPSA) is 93.8 Å². The summed E-state index contributed by atoms with van der Waals surface area (Å²) in [5, 5.41) is 3.33. The quantitative estimate of drug-likeness (QED) is 0.705. The Labute approximate surface area is 157 Å². The van der Waals surface area contributed by atoms with E-state index in [9.17, 15) is 4.79 Å². The number of aromatic nitrogens is 3. The van der Waals surface area contributed by atoms with Gasteiger partial charge >= 0.3 is 0 Å². The zero-order valence-corrected chi connectivity index (χ0v) is 14.9. The maximum atomic E-state index is 11.3. The van der Waals surface area contributed by atoms with Gasteiger partial charge in [0, 0.05) is 47.9 Å². The smallest absolute Gasteiger partial charge is 0.248 e. The lowest BCUT2D eigenvalue weighted by Gasteiger charge is -2.36. The Morgan fingerprint density at radius 2 is 1.89 bits per heavy atom. The summed E-state index contributed by atoms with van der Waals surface area (Å²) in [6.45, 7) is 0.831. The number of hydrogen-bond acceptors (Lipinski definition) is 5. The monoisotopic (exact) mass is 359 g/mol. The van der Waals surface area contributed by atoms with Gasteiger partial charge in [-0.15, -0.1) is 0 Å². The third kappa shape index (κ3) is 3.79. The average Bonchev–Trinajstić information content (AvgIpc) is 2.69. The van der Waals surface area contributed by atoms with Crippen LogP contribution in [0.15, 0.2) is 61.1 Å². The van der Waals surface area contributed by atoms with E-state index in [4.69, 9.17) is 5.73 Å². The first-order valence-corrected chi connectivity index (χ1v) is 9.08. The summed E-state index contributed by atoms with van der Waals surface area (Å²) in [7, 11) is 0. The Balaban J connectivity index is 1.39. The van der Waals surface area contributed by atoms with Gasteiger partial charge in [0.05, 0.1) is 0 Å². The van der Waals surface area contributed by atoms with Gasteiger partial charge in [-0.05, 0) is 48.6 Å². The molecule has 2 aromatic heterocycles. The summed E-state index contributed by atoms with van der Waals surface area (Å²) >= 11 is 0. The van der Waals surface area contributed by atoms with Gasteiger partial charge in [-0.3, -0.25) is 9.78 Å². The lowest BCUT2D eigenvalue weighted by molar-refractivity contribution is 0.100. The van der Waals surface area contributed by atoms with Crippen molar-refractivity contribution in [1.82, 2.24) is 15.0 Å². The van der Waals surface area contributed by atoms with E-state index in [0.29, 0.717) is 23.3 Å². The highest BCUT2D eigenvalue weighted by Crippen LogP contribution is 2.41. The number of nitrogens with zero attached hydrogens (tertiary/aromatic N) is 3. The molecule has 1 aliphatic carbocycles. The van der Waals surface area contributed by atoms with Crippen LogP contribution in [0.5, 0.6) is 0 Å². The van der Waals surface area contributed by atoms with Gasteiger partial charge < -0.3 is 11.1 Å². The van der Waals surface area contributed by atoms with E-state index in [2.05, 4.69) is 26.3 Å². The fourth-order valence-corrected chi connectivity index (χ4v) is 3.44. The number of carbonyl (C=O) groups is 1. The summed E-state index contributed by atoms with van der Waals surface area (Å²) in [5.74, 6) is 1.22. The minimum atomic E-state index is -0.445. The largest absolute Gasteiger partial charge is 0.366 e. The molecule has 4 rings (SSSR count). The van der Waals surface area contributed by atoms with Gasteiger partial charge in [-0.2, -0.15) is 0 Å². The van der Waals surface area contributed by atoms with Crippen molar-refractivity contribution in [3.8, 4) is 11.1 Å². The Bertz CT molecular complexity index is 927. The number of nitrogens with one attached hydrogen (secondary N) is 1. The minimum absolute atomic E-state index is 0.445. The summed E-state index contributed by atoms with van der Waals surface area (Å²) in [6, 6.07) is 13.2. The predicted molar refractivity (Wildman–Crippen MR) is 104 cm³/mol. The van der Waals surface area contributed by atoms with E-state index in [0.717, 1.165) is 17.7 Å². The van der Waals surface area contributed by atoms with E-state index < -0.39 is 5.91 Å². The molecule has 0 radical (unpaired) electrons. The first-order valence-electron chi connectivity index (χ1n) is 9.08. The summed E-state index contributed by atoms with van der Waals surface area (Å²) in [5.41, 5.74) is 8.69. The molecular formula is C21H21N5O. The van der Waals surface area contributed by atoms with Crippen LogP contribution in [0.25, 0.3) is 11.1 Å². The SMILES string of the molecule is NC(=O)c1cccc(-c2cnc(NCC3CCC3c3ccccn3)nc2)c1. The molecule has 2 atom stereocenters. The second kappa shape index (κ2) is 7.53. The van der Waals surface area contributed by atoms with E-state index in [-0.39, 0.29) is 0 Å². The molecule has 136 valence electrons. The van der Waals surface area contributed by atoms with Crippen LogP contribution in [0, 0.1) is 5.92 Å². The maximum absolute atomic E-state index is 11.3. The molecule has 3 aromatic rings. The van der Waals surface area contributed by atoms with Crippen molar-refractivity contribution in [1.29, 1.82) is 0 Å². The Kier molecular flexibility index (Phi) is 4.78. The van der Waals surface area contributed by atoms with E-state index in [1.807, 2.05) is 24.4 Å². The van der Waals surface area contributed by atoms with Crippen LogP contribution >= 0.6 is 0 Å². The van der Waals surface area contributed by atoms with Gasteiger partial charge in [0.1, 0.15) is 0 Å². The Morgan fingerprint density at radius 1 is 1.04 bits per heavy atom. The highest BCUT2D eigenvalue weighted by Gasteiger charge is 2.32. The maximum Gasteiger partial charge on any atom is 0.248 e. The van der Waals surface area contributed by atoms with Gasteiger partial charge in [0.25, 0.3) is 0 Å². The molecule has 6 heteroatoms. The van der Waals surface area contributed by atoms with Gasteiger partial charge in [0.2, 0.25) is 11.9 Å².